The van der Waals surface area contributed by atoms with E-state index in [1.54, 1.807) is 36.4 Å². The van der Waals surface area contributed by atoms with Crippen molar-refractivity contribution in [1.29, 1.82) is 0 Å². The Hall–Kier alpha value is -2.68. The minimum absolute atomic E-state index is 0.0148. The maximum Gasteiger partial charge on any atom is 0.337 e. The lowest BCUT2D eigenvalue weighted by Crippen LogP contribution is -2.34. The zero-order valence-corrected chi connectivity index (χ0v) is 17.3. The van der Waals surface area contributed by atoms with Gasteiger partial charge in [-0.2, -0.15) is 0 Å². The largest absolute Gasteiger partial charge is 0.465 e. The van der Waals surface area contributed by atoms with Gasteiger partial charge in [0.1, 0.15) is 0 Å². The fraction of sp³-hybridized carbons (Fsp3) is 0.360. The van der Waals surface area contributed by atoms with E-state index in [9.17, 15) is 9.59 Å². The van der Waals surface area contributed by atoms with Gasteiger partial charge in [-0.05, 0) is 64.6 Å². The van der Waals surface area contributed by atoms with Gasteiger partial charge in [-0.25, -0.2) is 4.79 Å². The molecule has 0 bridgehead atoms. The number of methoxy groups -OCH3 is 1. The molecule has 3 rings (SSSR count). The molecule has 28 heavy (non-hydrogen) atoms. The lowest BCUT2D eigenvalue weighted by molar-refractivity contribution is 0.0600. The van der Waals surface area contributed by atoms with Gasteiger partial charge < -0.3 is 4.74 Å². The second-order valence-electron chi connectivity index (χ2n) is 8.84. The van der Waals surface area contributed by atoms with Gasteiger partial charge >= 0.3 is 5.97 Å². The third-order valence-corrected chi connectivity index (χ3v) is 5.90. The Morgan fingerprint density at radius 2 is 1.43 bits per heavy atom. The summed E-state index contributed by atoms with van der Waals surface area (Å²) < 4.78 is 4.70. The van der Waals surface area contributed by atoms with E-state index >= 15 is 0 Å². The topological polar surface area (TPSA) is 43.4 Å². The number of esters is 1. The number of carbonyl (C=O) groups is 2. The third-order valence-electron chi connectivity index (χ3n) is 5.90. The minimum Gasteiger partial charge on any atom is -0.465 e. The van der Waals surface area contributed by atoms with Crippen molar-refractivity contribution in [2.75, 3.05) is 7.11 Å². The molecule has 3 nitrogen and oxygen atoms in total. The van der Waals surface area contributed by atoms with E-state index in [-0.39, 0.29) is 22.6 Å². The van der Waals surface area contributed by atoms with E-state index in [0.717, 1.165) is 18.4 Å². The SMILES string of the molecule is COC(=O)c1ccc(C=CC(=O)c2ccc3c(c2)C(C)(C)CCC3(C)C)cc1. The molecule has 2 aromatic rings. The molecular formula is C25H28O3. The number of allylic oxidation sites excluding steroid dienone is 1. The summed E-state index contributed by atoms with van der Waals surface area (Å²) in [5, 5.41) is 0. The summed E-state index contributed by atoms with van der Waals surface area (Å²) in [6.07, 6.45) is 5.64. The van der Waals surface area contributed by atoms with E-state index in [4.69, 9.17) is 4.74 Å². The van der Waals surface area contributed by atoms with Crippen LogP contribution in [0.4, 0.5) is 0 Å². The first-order valence-corrected chi connectivity index (χ1v) is 9.70. The van der Waals surface area contributed by atoms with Crippen molar-refractivity contribution in [1.82, 2.24) is 0 Å². The van der Waals surface area contributed by atoms with Crippen LogP contribution in [0.2, 0.25) is 0 Å². The van der Waals surface area contributed by atoms with Gasteiger partial charge in [0.2, 0.25) is 0 Å². The quantitative estimate of drug-likeness (QED) is 0.389. The molecule has 1 aliphatic carbocycles. The average Bonchev–Trinajstić information content (AvgIpc) is 2.69. The zero-order chi connectivity index (χ0) is 20.5. The van der Waals surface area contributed by atoms with Crippen molar-refractivity contribution < 1.29 is 14.3 Å². The molecule has 0 heterocycles. The molecule has 0 N–H and O–H groups in total. The lowest BCUT2D eigenvalue weighted by atomic mass is 9.63. The first kappa shape index (κ1) is 20.1. The first-order valence-electron chi connectivity index (χ1n) is 9.70. The molecule has 0 saturated heterocycles. The van der Waals surface area contributed by atoms with E-state index in [1.165, 1.54) is 18.2 Å². The van der Waals surface area contributed by atoms with Gasteiger partial charge in [0, 0.05) is 5.56 Å². The second-order valence-corrected chi connectivity index (χ2v) is 8.84. The predicted molar refractivity (Wildman–Crippen MR) is 113 cm³/mol. The summed E-state index contributed by atoms with van der Waals surface area (Å²) in [5.74, 6) is -0.384. The molecule has 0 saturated carbocycles. The Balaban J connectivity index is 1.83. The molecule has 0 amide bonds. The lowest BCUT2D eigenvalue weighted by Gasteiger charge is -2.42. The summed E-state index contributed by atoms with van der Waals surface area (Å²) in [7, 11) is 1.36. The van der Waals surface area contributed by atoms with E-state index in [1.807, 2.05) is 6.07 Å². The van der Waals surface area contributed by atoms with Crippen LogP contribution in [0.1, 0.15) is 77.9 Å². The van der Waals surface area contributed by atoms with Gasteiger partial charge in [-0.15, -0.1) is 0 Å². The number of fused-ring (bicyclic) bond motifs is 1. The molecule has 3 heteroatoms. The molecular weight excluding hydrogens is 348 g/mol. The van der Waals surface area contributed by atoms with Crippen LogP contribution in [0.5, 0.6) is 0 Å². The van der Waals surface area contributed by atoms with E-state index < -0.39 is 0 Å². The highest BCUT2D eigenvalue weighted by atomic mass is 16.5. The maximum atomic E-state index is 12.7. The van der Waals surface area contributed by atoms with Crippen LogP contribution in [-0.4, -0.2) is 18.9 Å². The summed E-state index contributed by atoms with van der Waals surface area (Å²) in [4.78, 5) is 24.2. The molecule has 0 aromatic heterocycles. The molecule has 0 atom stereocenters. The molecule has 0 spiro atoms. The van der Waals surface area contributed by atoms with Crippen LogP contribution >= 0.6 is 0 Å². The van der Waals surface area contributed by atoms with Crippen molar-refractivity contribution in [3.63, 3.8) is 0 Å². The predicted octanol–water partition coefficient (Wildman–Crippen LogP) is 5.72. The summed E-state index contributed by atoms with van der Waals surface area (Å²) in [6.45, 7) is 9.07. The summed E-state index contributed by atoms with van der Waals surface area (Å²) in [6, 6.07) is 13.1. The van der Waals surface area contributed by atoms with Crippen molar-refractivity contribution in [2.24, 2.45) is 0 Å². The minimum atomic E-state index is -0.369. The molecule has 0 radical (unpaired) electrons. The van der Waals surface area contributed by atoms with Crippen LogP contribution in [0.3, 0.4) is 0 Å². The van der Waals surface area contributed by atoms with Gasteiger partial charge in [-0.3, -0.25) is 4.79 Å². The number of benzene rings is 2. The van der Waals surface area contributed by atoms with Gasteiger partial charge in [-0.1, -0.05) is 58.0 Å². The molecule has 0 unspecified atom stereocenters. The van der Waals surface area contributed by atoms with Crippen molar-refractivity contribution in [3.05, 3.63) is 76.4 Å². The second kappa shape index (κ2) is 7.38. The maximum absolute atomic E-state index is 12.7. The van der Waals surface area contributed by atoms with E-state index in [2.05, 4.69) is 39.8 Å². The van der Waals surface area contributed by atoms with Crippen LogP contribution in [0.25, 0.3) is 6.08 Å². The average molecular weight is 376 g/mol. The Kier molecular flexibility index (Phi) is 5.29. The highest BCUT2D eigenvalue weighted by molar-refractivity contribution is 6.07. The number of hydrogen-bond acceptors (Lipinski definition) is 3. The number of ketones is 1. The number of hydrogen-bond donors (Lipinski definition) is 0. The first-order chi connectivity index (χ1) is 13.1. The van der Waals surface area contributed by atoms with Crippen LogP contribution in [-0.2, 0) is 15.6 Å². The molecule has 0 aliphatic heterocycles. The molecule has 1 aliphatic rings. The number of carbonyl (C=O) groups excluding carboxylic acids is 2. The number of rotatable bonds is 4. The van der Waals surface area contributed by atoms with E-state index in [0.29, 0.717) is 11.1 Å². The summed E-state index contributed by atoms with van der Waals surface area (Å²) >= 11 is 0. The number of ether oxygens (including phenoxy) is 1. The fourth-order valence-electron chi connectivity index (χ4n) is 3.86. The molecule has 2 aromatic carbocycles. The van der Waals surface area contributed by atoms with Crippen LogP contribution in [0.15, 0.2) is 48.5 Å². The zero-order valence-electron chi connectivity index (χ0n) is 17.3. The standard InChI is InChI=1S/C25H28O3/c1-24(2)14-15-25(3,4)21-16-19(11-12-20(21)24)22(26)13-8-17-6-9-18(10-7-17)23(27)28-5/h6-13,16H,14-15H2,1-5H3. The Morgan fingerprint density at radius 3 is 2.04 bits per heavy atom. The Morgan fingerprint density at radius 1 is 0.857 bits per heavy atom. The van der Waals surface area contributed by atoms with Gasteiger partial charge in [0.25, 0.3) is 0 Å². The van der Waals surface area contributed by atoms with Gasteiger partial charge in [0.15, 0.2) is 5.78 Å². The third kappa shape index (κ3) is 3.94. The fourth-order valence-corrected chi connectivity index (χ4v) is 3.86. The van der Waals surface area contributed by atoms with Crippen molar-refractivity contribution in [2.45, 2.75) is 51.4 Å². The Bertz CT molecular complexity index is 931. The monoisotopic (exact) mass is 376 g/mol. The Labute approximate surface area is 167 Å². The van der Waals surface area contributed by atoms with Crippen LogP contribution < -0.4 is 0 Å². The normalized spacial score (nSPS) is 17.2. The van der Waals surface area contributed by atoms with Crippen molar-refractivity contribution >= 4 is 17.8 Å². The van der Waals surface area contributed by atoms with Crippen LogP contribution in [0, 0.1) is 0 Å². The van der Waals surface area contributed by atoms with Crippen molar-refractivity contribution in [3.8, 4) is 0 Å². The highest BCUT2D eigenvalue weighted by Gasteiger charge is 2.37. The highest BCUT2D eigenvalue weighted by Crippen LogP contribution is 2.45. The summed E-state index contributed by atoms with van der Waals surface area (Å²) in [5.41, 5.74) is 4.92. The molecule has 0 fully saturated rings. The molecule has 146 valence electrons. The smallest absolute Gasteiger partial charge is 0.337 e. The van der Waals surface area contributed by atoms with Gasteiger partial charge in [0.05, 0.1) is 12.7 Å².